The molecule has 4 heteroatoms. The minimum absolute atomic E-state index is 0.488. The van der Waals surface area contributed by atoms with Crippen LogP contribution in [0.5, 0.6) is 0 Å². The minimum Gasteiger partial charge on any atom is -0.439 e. The van der Waals surface area contributed by atoms with Gasteiger partial charge in [0.15, 0.2) is 17.1 Å². The Morgan fingerprint density at radius 2 is 2.36 bits per heavy atom. The quantitative estimate of drug-likeness (QED) is 0.778. The number of pyridine rings is 1. The van der Waals surface area contributed by atoms with Crippen LogP contribution in [-0.4, -0.2) is 9.97 Å². The Kier molecular flexibility index (Phi) is 1.58. The second-order valence-corrected chi connectivity index (χ2v) is 3.70. The number of hydrogen-bond acceptors (Lipinski definition) is 4. The first kappa shape index (κ1) is 7.94. The second-order valence-electron chi connectivity index (χ2n) is 3.70. The molecule has 1 aliphatic carbocycles. The van der Waals surface area contributed by atoms with Crippen molar-refractivity contribution in [3.05, 3.63) is 23.7 Å². The molecule has 0 bridgehead atoms. The van der Waals surface area contributed by atoms with Gasteiger partial charge in [0.2, 0.25) is 0 Å². The summed E-state index contributed by atoms with van der Waals surface area (Å²) in [5.74, 6) is 1.37. The zero-order chi connectivity index (χ0) is 9.54. The van der Waals surface area contributed by atoms with Crippen molar-refractivity contribution < 1.29 is 4.42 Å². The van der Waals surface area contributed by atoms with E-state index in [1.54, 1.807) is 6.20 Å². The van der Waals surface area contributed by atoms with Gasteiger partial charge in [-0.15, -0.1) is 0 Å². The smallest absolute Gasteiger partial charge is 0.200 e. The average molecular weight is 189 g/mol. The van der Waals surface area contributed by atoms with E-state index < -0.39 is 0 Å². The van der Waals surface area contributed by atoms with E-state index in [9.17, 15) is 0 Å². The number of nitrogens with two attached hydrogens (primary N) is 1. The molecule has 0 atom stereocenters. The fourth-order valence-electron chi connectivity index (χ4n) is 1.49. The van der Waals surface area contributed by atoms with Gasteiger partial charge in [0, 0.05) is 18.7 Å². The van der Waals surface area contributed by atoms with Crippen LogP contribution in [-0.2, 0) is 6.54 Å². The molecule has 1 saturated carbocycles. The summed E-state index contributed by atoms with van der Waals surface area (Å²) in [4.78, 5) is 8.53. The van der Waals surface area contributed by atoms with Crippen molar-refractivity contribution in [1.82, 2.24) is 9.97 Å². The Labute approximate surface area is 81.1 Å². The number of oxazole rings is 1. The van der Waals surface area contributed by atoms with E-state index in [1.165, 1.54) is 12.8 Å². The van der Waals surface area contributed by atoms with Crippen molar-refractivity contribution in [1.29, 1.82) is 0 Å². The molecular formula is C10H11N3O. The van der Waals surface area contributed by atoms with E-state index in [1.807, 2.05) is 6.07 Å². The van der Waals surface area contributed by atoms with Crippen molar-refractivity contribution in [3.8, 4) is 0 Å². The second kappa shape index (κ2) is 2.78. The Hall–Kier alpha value is -1.42. The highest BCUT2D eigenvalue weighted by Gasteiger charge is 2.29. The van der Waals surface area contributed by atoms with Crippen LogP contribution in [0.1, 0.15) is 30.2 Å². The van der Waals surface area contributed by atoms with E-state index in [0.717, 1.165) is 17.0 Å². The summed E-state index contributed by atoms with van der Waals surface area (Å²) >= 11 is 0. The van der Waals surface area contributed by atoms with Crippen molar-refractivity contribution >= 4 is 11.2 Å². The molecule has 0 aliphatic heterocycles. The zero-order valence-corrected chi connectivity index (χ0v) is 7.73. The maximum Gasteiger partial charge on any atom is 0.200 e. The van der Waals surface area contributed by atoms with Gasteiger partial charge in [-0.3, -0.25) is 0 Å². The maximum atomic E-state index is 5.61. The number of nitrogens with zero attached hydrogens (tertiary/aromatic N) is 2. The Balaban J connectivity index is 2.12. The number of fused-ring (bicyclic) bond motifs is 1. The highest BCUT2D eigenvalue weighted by atomic mass is 16.3. The molecule has 2 heterocycles. The fraction of sp³-hybridized carbons (Fsp3) is 0.400. The molecule has 0 aromatic carbocycles. The van der Waals surface area contributed by atoms with E-state index in [4.69, 9.17) is 10.2 Å². The van der Waals surface area contributed by atoms with Crippen molar-refractivity contribution in [2.75, 3.05) is 0 Å². The first-order chi connectivity index (χ1) is 6.86. The Morgan fingerprint density at radius 3 is 3.07 bits per heavy atom. The molecule has 3 rings (SSSR count). The molecule has 0 unspecified atom stereocenters. The van der Waals surface area contributed by atoms with Gasteiger partial charge in [0.05, 0.1) is 0 Å². The standard InChI is InChI=1S/C10H11N3O/c11-4-6-3-8-9(12-5-6)13-10(14-8)7-1-2-7/h3,5,7H,1-2,4,11H2. The van der Waals surface area contributed by atoms with Gasteiger partial charge in [-0.05, 0) is 24.5 Å². The molecule has 0 amide bonds. The normalized spacial score (nSPS) is 16.4. The average Bonchev–Trinajstić information content (AvgIpc) is 2.97. The summed E-state index contributed by atoms with van der Waals surface area (Å²) in [7, 11) is 0. The van der Waals surface area contributed by atoms with Crippen LogP contribution in [0.3, 0.4) is 0 Å². The highest BCUT2D eigenvalue weighted by Crippen LogP contribution is 2.40. The van der Waals surface area contributed by atoms with Crippen LogP contribution in [0.4, 0.5) is 0 Å². The molecule has 2 aromatic rings. The summed E-state index contributed by atoms with van der Waals surface area (Å²) < 4.78 is 5.61. The Bertz CT molecular complexity index is 473. The predicted octanol–water partition coefficient (Wildman–Crippen LogP) is 1.56. The third kappa shape index (κ3) is 1.19. The van der Waals surface area contributed by atoms with E-state index in [0.29, 0.717) is 18.1 Å². The third-order valence-corrected chi connectivity index (χ3v) is 2.48. The molecule has 14 heavy (non-hydrogen) atoms. The predicted molar refractivity (Wildman–Crippen MR) is 51.7 cm³/mol. The summed E-state index contributed by atoms with van der Waals surface area (Å²) in [6.07, 6.45) is 4.13. The molecule has 1 fully saturated rings. The number of aromatic nitrogens is 2. The highest BCUT2D eigenvalue weighted by molar-refractivity contribution is 5.68. The van der Waals surface area contributed by atoms with Gasteiger partial charge in [-0.2, -0.15) is 4.98 Å². The van der Waals surface area contributed by atoms with Gasteiger partial charge in [0.1, 0.15) is 0 Å². The third-order valence-electron chi connectivity index (χ3n) is 2.48. The van der Waals surface area contributed by atoms with Crippen LogP contribution in [0.2, 0.25) is 0 Å². The molecule has 4 nitrogen and oxygen atoms in total. The monoisotopic (exact) mass is 189 g/mol. The lowest BCUT2D eigenvalue weighted by atomic mass is 10.3. The topological polar surface area (TPSA) is 64.9 Å². The summed E-state index contributed by atoms with van der Waals surface area (Å²) in [5.41, 5.74) is 7.96. The van der Waals surface area contributed by atoms with Crippen LogP contribution in [0.15, 0.2) is 16.7 Å². The number of hydrogen-bond donors (Lipinski definition) is 1. The first-order valence-electron chi connectivity index (χ1n) is 4.82. The number of rotatable bonds is 2. The summed E-state index contributed by atoms with van der Waals surface area (Å²) in [6.45, 7) is 0.488. The van der Waals surface area contributed by atoms with Gasteiger partial charge in [-0.1, -0.05) is 0 Å². The van der Waals surface area contributed by atoms with Gasteiger partial charge in [-0.25, -0.2) is 4.98 Å². The molecule has 0 spiro atoms. The van der Waals surface area contributed by atoms with E-state index >= 15 is 0 Å². The first-order valence-corrected chi connectivity index (χ1v) is 4.82. The van der Waals surface area contributed by atoms with Crippen molar-refractivity contribution in [2.24, 2.45) is 5.73 Å². The minimum atomic E-state index is 0.488. The van der Waals surface area contributed by atoms with Gasteiger partial charge in [0.25, 0.3) is 0 Å². The van der Waals surface area contributed by atoms with Gasteiger partial charge >= 0.3 is 0 Å². The molecule has 1 aliphatic rings. The summed E-state index contributed by atoms with van der Waals surface area (Å²) in [6, 6.07) is 1.92. The lowest BCUT2D eigenvalue weighted by Gasteiger charge is -1.92. The lowest BCUT2D eigenvalue weighted by Crippen LogP contribution is -1.96. The molecule has 0 radical (unpaired) electrons. The van der Waals surface area contributed by atoms with Crippen molar-refractivity contribution in [3.63, 3.8) is 0 Å². The summed E-state index contributed by atoms with van der Waals surface area (Å²) in [5, 5.41) is 0. The van der Waals surface area contributed by atoms with Crippen LogP contribution in [0, 0.1) is 0 Å². The molecule has 0 saturated heterocycles. The molecule has 72 valence electrons. The van der Waals surface area contributed by atoms with Gasteiger partial charge < -0.3 is 10.2 Å². The zero-order valence-electron chi connectivity index (χ0n) is 7.73. The van der Waals surface area contributed by atoms with Crippen molar-refractivity contribution in [2.45, 2.75) is 25.3 Å². The molecule has 2 N–H and O–H groups in total. The van der Waals surface area contributed by atoms with Crippen LogP contribution in [0.25, 0.3) is 11.2 Å². The van der Waals surface area contributed by atoms with E-state index in [-0.39, 0.29) is 0 Å². The maximum absolute atomic E-state index is 5.61. The Morgan fingerprint density at radius 1 is 1.50 bits per heavy atom. The molecule has 2 aromatic heterocycles. The largest absolute Gasteiger partial charge is 0.439 e. The SMILES string of the molecule is NCc1cnc2nc(C3CC3)oc2c1. The fourth-order valence-corrected chi connectivity index (χ4v) is 1.49. The van der Waals surface area contributed by atoms with E-state index in [2.05, 4.69) is 9.97 Å². The van der Waals surface area contributed by atoms with Crippen LogP contribution < -0.4 is 5.73 Å². The molecular weight excluding hydrogens is 178 g/mol. The van der Waals surface area contributed by atoms with Crippen LogP contribution >= 0.6 is 0 Å². The lowest BCUT2D eigenvalue weighted by molar-refractivity contribution is 0.533.